The van der Waals surface area contributed by atoms with E-state index in [1.807, 2.05) is 51.1 Å². The van der Waals surface area contributed by atoms with Gasteiger partial charge in [-0.05, 0) is 32.9 Å². The zero-order valence-corrected chi connectivity index (χ0v) is 12.9. The SMILES string of the molecule is CC(C)(C)Oc1cccc(-c2cc(Cl)n3nccc3n2)c1. The van der Waals surface area contributed by atoms with Crippen LogP contribution in [0.25, 0.3) is 16.9 Å². The van der Waals surface area contributed by atoms with E-state index in [0.29, 0.717) is 5.15 Å². The molecule has 0 N–H and O–H groups in total. The lowest BCUT2D eigenvalue weighted by Crippen LogP contribution is -2.22. The van der Waals surface area contributed by atoms with Crippen molar-refractivity contribution in [3.05, 3.63) is 47.7 Å². The van der Waals surface area contributed by atoms with Gasteiger partial charge >= 0.3 is 0 Å². The summed E-state index contributed by atoms with van der Waals surface area (Å²) in [5.74, 6) is 0.811. The Morgan fingerprint density at radius 1 is 1.14 bits per heavy atom. The second-order valence-electron chi connectivity index (χ2n) is 5.81. The van der Waals surface area contributed by atoms with Gasteiger partial charge in [0.1, 0.15) is 16.5 Å². The summed E-state index contributed by atoms with van der Waals surface area (Å²) in [5, 5.41) is 4.65. The van der Waals surface area contributed by atoms with E-state index in [-0.39, 0.29) is 5.60 Å². The van der Waals surface area contributed by atoms with Crippen LogP contribution in [0.15, 0.2) is 42.6 Å². The molecule has 4 nitrogen and oxygen atoms in total. The zero-order chi connectivity index (χ0) is 15.0. The zero-order valence-electron chi connectivity index (χ0n) is 12.2. The van der Waals surface area contributed by atoms with Gasteiger partial charge in [-0.15, -0.1) is 0 Å². The van der Waals surface area contributed by atoms with Crippen molar-refractivity contribution in [3.63, 3.8) is 0 Å². The number of hydrogen-bond acceptors (Lipinski definition) is 3. The molecule has 0 fully saturated rings. The summed E-state index contributed by atoms with van der Waals surface area (Å²) in [4.78, 5) is 4.56. The molecule has 1 aromatic carbocycles. The Bertz CT molecular complexity index is 790. The van der Waals surface area contributed by atoms with Gasteiger partial charge < -0.3 is 4.74 Å². The minimum absolute atomic E-state index is 0.237. The highest BCUT2D eigenvalue weighted by Crippen LogP contribution is 2.27. The summed E-state index contributed by atoms with van der Waals surface area (Å²) in [6.45, 7) is 6.06. The molecule has 0 saturated heterocycles. The summed E-state index contributed by atoms with van der Waals surface area (Å²) in [7, 11) is 0. The van der Waals surface area contributed by atoms with E-state index in [4.69, 9.17) is 16.3 Å². The van der Waals surface area contributed by atoms with E-state index in [2.05, 4.69) is 10.1 Å². The third kappa shape index (κ3) is 3.00. The van der Waals surface area contributed by atoms with Crippen LogP contribution in [0.1, 0.15) is 20.8 Å². The number of benzene rings is 1. The van der Waals surface area contributed by atoms with Crippen molar-refractivity contribution in [3.8, 4) is 17.0 Å². The van der Waals surface area contributed by atoms with Gasteiger partial charge in [0.25, 0.3) is 0 Å². The lowest BCUT2D eigenvalue weighted by Gasteiger charge is -2.21. The Hall–Kier alpha value is -2.07. The Balaban J connectivity index is 2.04. The topological polar surface area (TPSA) is 39.4 Å². The van der Waals surface area contributed by atoms with Gasteiger partial charge in [-0.25, -0.2) is 9.50 Å². The van der Waals surface area contributed by atoms with Crippen LogP contribution in [0.3, 0.4) is 0 Å². The summed E-state index contributed by atoms with van der Waals surface area (Å²) in [6, 6.07) is 11.5. The van der Waals surface area contributed by atoms with Crippen molar-refractivity contribution in [2.45, 2.75) is 26.4 Å². The number of hydrogen-bond donors (Lipinski definition) is 0. The molecule has 5 heteroatoms. The second kappa shape index (κ2) is 5.04. The van der Waals surface area contributed by atoms with Gasteiger partial charge in [0.15, 0.2) is 5.65 Å². The minimum Gasteiger partial charge on any atom is -0.488 e. The molecule has 2 heterocycles. The molecular weight excluding hydrogens is 286 g/mol. The highest BCUT2D eigenvalue weighted by Gasteiger charge is 2.13. The van der Waals surface area contributed by atoms with E-state index in [9.17, 15) is 0 Å². The largest absolute Gasteiger partial charge is 0.488 e. The smallest absolute Gasteiger partial charge is 0.157 e. The number of ether oxygens (including phenoxy) is 1. The molecule has 108 valence electrons. The highest BCUT2D eigenvalue weighted by molar-refractivity contribution is 6.30. The van der Waals surface area contributed by atoms with Crippen molar-refractivity contribution in [1.82, 2.24) is 14.6 Å². The van der Waals surface area contributed by atoms with Crippen molar-refractivity contribution < 1.29 is 4.74 Å². The molecule has 3 aromatic rings. The van der Waals surface area contributed by atoms with Crippen LogP contribution >= 0.6 is 11.6 Å². The molecule has 2 aromatic heterocycles. The predicted octanol–water partition coefficient (Wildman–Crippen LogP) is 4.23. The van der Waals surface area contributed by atoms with E-state index in [0.717, 1.165) is 22.7 Å². The summed E-state index contributed by atoms with van der Waals surface area (Å²) >= 11 is 6.23. The Morgan fingerprint density at radius 2 is 1.95 bits per heavy atom. The maximum atomic E-state index is 6.23. The van der Waals surface area contributed by atoms with E-state index < -0.39 is 0 Å². The average molecular weight is 302 g/mol. The Labute approximate surface area is 128 Å². The molecular formula is C16H16ClN3O. The minimum atomic E-state index is -0.237. The molecule has 0 aliphatic heterocycles. The van der Waals surface area contributed by atoms with Crippen molar-refractivity contribution in [2.24, 2.45) is 0 Å². The van der Waals surface area contributed by atoms with Gasteiger partial charge in [0.05, 0.1) is 11.9 Å². The van der Waals surface area contributed by atoms with E-state index >= 15 is 0 Å². The summed E-state index contributed by atoms with van der Waals surface area (Å²) in [5.41, 5.74) is 2.24. The highest BCUT2D eigenvalue weighted by atomic mass is 35.5. The van der Waals surface area contributed by atoms with Crippen LogP contribution in [-0.4, -0.2) is 20.2 Å². The maximum absolute atomic E-state index is 6.23. The molecule has 0 amide bonds. The van der Waals surface area contributed by atoms with Crippen LogP contribution < -0.4 is 4.74 Å². The molecule has 3 rings (SSSR count). The molecule has 21 heavy (non-hydrogen) atoms. The fraction of sp³-hybridized carbons (Fsp3) is 0.250. The number of fused-ring (bicyclic) bond motifs is 1. The Kier molecular flexibility index (Phi) is 3.33. The monoisotopic (exact) mass is 301 g/mol. The lowest BCUT2D eigenvalue weighted by atomic mass is 10.1. The summed E-state index contributed by atoms with van der Waals surface area (Å²) < 4.78 is 7.49. The second-order valence-corrected chi connectivity index (χ2v) is 6.19. The molecule has 0 saturated carbocycles. The first-order valence-corrected chi connectivity index (χ1v) is 7.10. The molecule has 0 aliphatic rings. The molecule has 0 radical (unpaired) electrons. The van der Waals surface area contributed by atoms with E-state index in [1.165, 1.54) is 0 Å². The molecule has 0 bridgehead atoms. The molecule has 0 atom stereocenters. The van der Waals surface area contributed by atoms with E-state index in [1.54, 1.807) is 16.8 Å². The number of nitrogens with zero attached hydrogens (tertiary/aromatic N) is 3. The van der Waals surface area contributed by atoms with Crippen molar-refractivity contribution in [1.29, 1.82) is 0 Å². The average Bonchev–Trinajstić information content (AvgIpc) is 2.86. The van der Waals surface area contributed by atoms with Crippen LogP contribution in [-0.2, 0) is 0 Å². The third-order valence-electron chi connectivity index (χ3n) is 2.87. The molecule has 0 spiro atoms. The fourth-order valence-electron chi connectivity index (χ4n) is 2.10. The van der Waals surface area contributed by atoms with Crippen molar-refractivity contribution in [2.75, 3.05) is 0 Å². The number of rotatable bonds is 2. The molecule has 0 aliphatic carbocycles. The van der Waals surface area contributed by atoms with Gasteiger partial charge in [-0.2, -0.15) is 5.10 Å². The first-order valence-electron chi connectivity index (χ1n) is 6.72. The summed E-state index contributed by atoms with van der Waals surface area (Å²) in [6.07, 6.45) is 1.68. The van der Waals surface area contributed by atoms with Crippen molar-refractivity contribution >= 4 is 17.2 Å². The van der Waals surface area contributed by atoms with Crippen LogP contribution in [0.4, 0.5) is 0 Å². The van der Waals surface area contributed by atoms with Crippen LogP contribution in [0.5, 0.6) is 5.75 Å². The van der Waals surface area contributed by atoms with Gasteiger partial charge in [-0.3, -0.25) is 0 Å². The standard InChI is InChI=1S/C16H16ClN3O/c1-16(2,3)21-12-6-4-5-11(9-12)13-10-14(17)20-15(19-13)7-8-18-20/h4-10H,1-3H3. The normalized spacial score (nSPS) is 11.8. The van der Waals surface area contributed by atoms with Gasteiger partial charge in [0.2, 0.25) is 0 Å². The molecule has 0 unspecified atom stereocenters. The first-order chi connectivity index (χ1) is 9.92. The predicted molar refractivity (Wildman–Crippen MR) is 83.8 cm³/mol. The Morgan fingerprint density at radius 3 is 2.71 bits per heavy atom. The lowest BCUT2D eigenvalue weighted by molar-refractivity contribution is 0.131. The maximum Gasteiger partial charge on any atom is 0.157 e. The first kappa shape index (κ1) is 13.9. The van der Waals surface area contributed by atoms with Crippen LogP contribution in [0, 0.1) is 0 Å². The van der Waals surface area contributed by atoms with Gasteiger partial charge in [-0.1, -0.05) is 23.7 Å². The number of aromatic nitrogens is 3. The van der Waals surface area contributed by atoms with Crippen LogP contribution in [0.2, 0.25) is 5.15 Å². The third-order valence-corrected chi connectivity index (χ3v) is 3.14. The number of halogens is 1. The van der Waals surface area contributed by atoms with Gasteiger partial charge in [0, 0.05) is 17.7 Å². The quantitative estimate of drug-likeness (QED) is 0.665. The fourth-order valence-corrected chi connectivity index (χ4v) is 2.33.